The number of quaternary nitrogens is 1. The van der Waals surface area contributed by atoms with E-state index < -0.39 is 26.6 Å². The molecule has 0 aromatic rings. The zero-order valence-electron chi connectivity index (χ0n) is 50.4. The van der Waals surface area contributed by atoms with Gasteiger partial charge < -0.3 is 28.5 Å². The van der Waals surface area contributed by atoms with E-state index in [9.17, 15) is 19.0 Å². The van der Waals surface area contributed by atoms with Gasteiger partial charge in [0.05, 0.1) is 33.8 Å². The first-order valence-corrected chi connectivity index (χ1v) is 33.2. The van der Waals surface area contributed by atoms with Crippen molar-refractivity contribution in [1.29, 1.82) is 0 Å². The van der Waals surface area contributed by atoms with Gasteiger partial charge in [-0.05, 0) is 96.0 Å². The molecule has 442 valence electrons. The zero-order valence-corrected chi connectivity index (χ0v) is 51.3. The van der Waals surface area contributed by atoms with Crippen LogP contribution < -0.4 is 10.2 Å². The highest BCUT2D eigenvalue weighted by Gasteiger charge is 2.27. The molecule has 0 aliphatic rings. The normalized spacial score (nSPS) is 14.1. The van der Waals surface area contributed by atoms with E-state index in [1.807, 2.05) is 33.3 Å². The lowest BCUT2D eigenvalue weighted by atomic mass is 10.0. The fourth-order valence-corrected chi connectivity index (χ4v) is 9.65. The number of unbranched alkanes of at least 4 members (excludes halogenated alkanes) is 32. The number of amides is 1. The summed E-state index contributed by atoms with van der Waals surface area (Å²) in [6, 6.07) is -0.908. The molecule has 9 nitrogen and oxygen atoms in total. The van der Waals surface area contributed by atoms with Crippen LogP contribution in [0.1, 0.15) is 284 Å². The lowest BCUT2D eigenvalue weighted by molar-refractivity contribution is -0.870. The van der Waals surface area contributed by atoms with Crippen LogP contribution >= 0.6 is 7.82 Å². The Kier molecular flexibility index (Phi) is 53.9. The molecule has 0 aromatic carbocycles. The lowest BCUT2D eigenvalue weighted by Crippen LogP contribution is -2.47. The largest absolute Gasteiger partial charge is 0.756 e. The maximum absolute atomic E-state index is 13.5. The molecular weight excluding hydrogens is 964 g/mol. The number of phosphoric ester groups is 1. The maximum Gasteiger partial charge on any atom is 0.306 e. The summed E-state index contributed by atoms with van der Waals surface area (Å²) in [5.41, 5.74) is 0. The molecule has 3 unspecified atom stereocenters. The van der Waals surface area contributed by atoms with Gasteiger partial charge in [-0.2, -0.15) is 0 Å². The number of hydrogen-bond acceptors (Lipinski definition) is 7. The van der Waals surface area contributed by atoms with Crippen LogP contribution in [0.15, 0.2) is 72.9 Å². The Morgan fingerprint density at radius 3 is 1.32 bits per heavy atom. The van der Waals surface area contributed by atoms with Crippen LogP contribution in [0.2, 0.25) is 0 Å². The van der Waals surface area contributed by atoms with Gasteiger partial charge in [-0.25, -0.2) is 0 Å². The summed E-state index contributed by atoms with van der Waals surface area (Å²) in [5, 5.41) is 3.01. The fourth-order valence-electron chi connectivity index (χ4n) is 8.93. The third-order valence-electron chi connectivity index (χ3n) is 13.9. The Bertz CT molecular complexity index is 1530. The van der Waals surface area contributed by atoms with E-state index in [0.717, 1.165) is 89.9 Å². The second kappa shape index (κ2) is 55.8. The molecule has 0 saturated carbocycles. The van der Waals surface area contributed by atoms with Gasteiger partial charge in [-0.3, -0.25) is 14.2 Å². The van der Waals surface area contributed by atoms with Gasteiger partial charge in [0.1, 0.15) is 19.3 Å². The SMILES string of the molecule is CCCCC/C=C\C/C=C\C/C=C\CCCCCCCCCCC(=O)OC(/C=C/CCCCCCCCCCCCC)C(COP(=O)([O-])OCC[N+](C)(C)C)NC(=O)CCCCC/C=C/C=C/CCCCCCCCC. The second-order valence-electron chi connectivity index (χ2n) is 22.6. The minimum Gasteiger partial charge on any atom is -0.756 e. The molecule has 3 atom stereocenters. The van der Waals surface area contributed by atoms with Gasteiger partial charge in [-0.1, -0.05) is 248 Å². The number of carbonyl (C=O) groups excluding carboxylic acids is 2. The number of hydrogen-bond donors (Lipinski definition) is 1. The Hall–Kier alpha value is -2.55. The highest BCUT2D eigenvalue weighted by atomic mass is 31.2. The smallest absolute Gasteiger partial charge is 0.306 e. The topological polar surface area (TPSA) is 114 Å². The number of rotatable bonds is 57. The minimum atomic E-state index is -4.71. The Labute approximate surface area is 470 Å². The fraction of sp³-hybridized carbons (Fsp3) is 0.788. The number of ether oxygens (including phenoxy) is 1. The molecule has 0 fully saturated rings. The van der Waals surface area contributed by atoms with Gasteiger partial charge in [0.15, 0.2) is 0 Å². The van der Waals surface area contributed by atoms with Gasteiger partial charge in [-0.15, -0.1) is 0 Å². The third-order valence-corrected chi connectivity index (χ3v) is 14.9. The lowest BCUT2D eigenvalue weighted by Gasteiger charge is -2.30. The monoisotopic (exact) mass is 1080 g/mol. The molecule has 76 heavy (non-hydrogen) atoms. The van der Waals surface area contributed by atoms with Crippen LogP contribution in [0, 0.1) is 0 Å². The minimum absolute atomic E-state index is 0.0306. The number of nitrogens with one attached hydrogen (secondary N) is 1. The molecule has 0 aromatic heterocycles. The van der Waals surface area contributed by atoms with E-state index in [1.54, 1.807) is 0 Å². The highest BCUT2D eigenvalue weighted by molar-refractivity contribution is 7.45. The van der Waals surface area contributed by atoms with Crippen molar-refractivity contribution in [2.24, 2.45) is 0 Å². The Morgan fingerprint density at radius 1 is 0.474 bits per heavy atom. The molecule has 0 heterocycles. The van der Waals surface area contributed by atoms with Gasteiger partial charge in [0.25, 0.3) is 7.82 Å². The van der Waals surface area contributed by atoms with Gasteiger partial charge in [0, 0.05) is 12.8 Å². The molecule has 0 radical (unpaired) electrons. The van der Waals surface area contributed by atoms with Crippen molar-refractivity contribution >= 4 is 19.7 Å². The van der Waals surface area contributed by atoms with Crippen LogP contribution in [-0.4, -0.2) is 69.4 Å². The maximum atomic E-state index is 13.5. The average Bonchev–Trinajstić information content (AvgIpc) is 3.38. The van der Waals surface area contributed by atoms with Crippen molar-refractivity contribution < 1.29 is 37.3 Å². The summed E-state index contributed by atoms with van der Waals surface area (Å²) >= 11 is 0. The molecule has 0 saturated heterocycles. The molecule has 0 bridgehead atoms. The van der Waals surface area contributed by atoms with E-state index >= 15 is 0 Å². The summed E-state index contributed by atoms with van der Waals surface area (Å²) in [6.45, 7) is 6.80. The van der Waals surface area contributed by atoms with Gasteiger partial charge in [0.2, 0.25) is 5.91 Å². The predicted octanol–water partition coefficient (Wildman–Crippen LogP) is 19.0. The molecule has 1 amide bonds. The second-order valence-corrected chi connectivity index (χ2v) is 24.0. The van der Waals surface area contributed by atoms with Crippen molar-refractivity contribution in [3.05, 3.63) is 72.9 Å². The van der Waals surface area contributed by atoms with Crippen LogP contribution in [-0.2, 0) is 27.9 Å². The summed E-state index contributed by atoms with van der Waals surface area (Å²) in [4.78, 5) is 40.0. The average molecular weight is 1090 g/mol. The third kappa shape index (κ3) is 56.2. The van der Waals surface area contributed by atoms with Crippen molar-refractivity contribution in [2.45, 2.75) is 296 Å². The molecule has 0 rings (SSSR count). The predicted molar refractivity (Wildman–Crippen MR) is 325 cm³/mol. The quantitative estimate of drug-likeness (QED) is 0.0161. The summed E-state index contributed by atoms with van der Waals surface area (Å²) in [6.07, 6.45) is 71.5. The van der Waals surface area contributed by atoms with Crippen molar-refractivity contribution in [3.63, 3.8) is 0 Å². The Balaban J connectivity index is 5.31. The van der Waals surface area contributed by atoms with E-state index in [1.165, 1.54) is 154 Å². The summed E-state index contributed by atoms with van der Waals surface area (Å²) < 4.78 is 30.3. The Morgan fingerprint density at radius 2 is 0.842 bits per heavy atom. The van der Waals surface area contributed by atoms with E-state index in [-0.39, 0.29) is 31.3 Å². The first-order chi connectivity index (χ1) is 36.9. The van der Waals surface area contributed by atoms with Crippen LogP contribution in [0.5, 0.6) is 0 Å². The van der Waals surface area contributed by atoms with Crippen LogP contribution in [0.25, 0.3) is 0 Å². The van der Waals surface area contributed by atoms with E-state index in [0.29, 0.717) is 17.4 Å². The van der Waals surface area contributed by atoms with Crippen LogP contribution in [0.4, 0.5) is 0 Å². The molecule has 1 N–H and O–H groups in total. The number of nitrogens with zero attached hydrogens (tertiary/aromatic N) is 1. The summed E-state index contributed by atoms with van der Waals surface area (Å²) in [7, 11) is 1.16. The molecule has 10 heteroatoms. The molecule has 0 aliphatic carbocycles. The summed E-state index contributed by atoms with van der Waals surface area (Å²) in [5.74, 6) is -0.577. The van der Waals surface area contributed by atoms with Crippen molar-refractivity contribution in [2.75, 3.05) is 40.9 Å². The number of phosphoric acid groups is 1. The van der Waals surface area contributed by atoms with E-state index in [2.05, 4.69) is 86.8 Å². The number of carbonyl (C=O) groups is 2. The van der Waals surface area contributed by atoms with E-state index in [4.69, 9.17) is 13.8 Å². The molecule has 0 aliphatic heterocycles. The molecule has 0 spiro atoms. The number of allylic oxidation sites excluding steroid dienone is 11. The first-order valence-electron chi connectivity index (χ1n) is 31.8. The highest BCUT2D eigenvalue weighted by Crippen LogP contribution is 2.38. The number of likely N-dealkylation sites (N-methyl/N-ethyl adjacent to an activating group) is 1. The zero-order chi connectivity index (χ0) is 55.7. The molecular formula is C66H121N2O7P. The van der Waals surface area contributed by atoms with Crippen LogP contribution in [0.3, 0.4) is 0 Å². The standard InChI is InChI=1S/C66H121N2O7P/c1-7-10-13-16-19-22-25-28-30-32-33-34-35-36-38-41-44-47-50-53-56-59-66(70)75-64(57-54-51-48-45-42-39-27-24-21-18-15-12-9-3)63(62-74-76(71,72)73-61-60-68(4,5)6)67-65(69)58-55-52-49-46-43-40-37-31-29-26-23-20-17-14-11-8-2/h19,22,28,30-31,33-34,37,40,43,54,57,63-64H,7-18,20-21,23-27,29,32,35-36,38-39,41-42,44-53,55-56,58-62H2,1-6H3,(H-,67,69,71,72)/b22-19-,30-28-,34-33-,37-31+,43-40+,57-54+. The van der Waals surface area contributed by atoms with Gasteiger partial charge >= 0.3 is 5.97 Å². The number of esters is 1. The van der Waals surface area contributed by atoms with Crippen molar-refractivity contribution in [1.82, 2.24) is 5.32 Å². The van der Waals surface area contributed by atoms with Crippen molar-refractivity contribution in [3.8, 4) is 0 Å². The first kappa shape index (κ1) is 73.5.